The van der Waals surface area contributed by atoms with Crippen molar-refractivity contribution in [3.05, 3.63) is 59.3 Å². The van der Waals surface area contributed by atoms with Crippen LogP contribution in [-0.4, -0.2) is 27.5 Å². The van der Waals surface area contributed by atoms with Crippen LogP contribution in [0.3, 0.4) is 0 Å². The minimum absolute atomic E-state index is 0.00629. The number of imidazole rings is 1. The average molecular weight is 418 g/mol. The highest BCUT2D eigenvalue weighted by molar-refractivity contribution is 5.93. The van der Waals surface area contributed by atoms with Crippen LogP contribution in [0.25, 0.3) is 0 Å². The van der Waals surface area contributed by atoms with E-state index in [9.17, 15) is 4.79 Å². The minimum atomic E-state index is -0.0123. The molecule has 0 spiro atoms. The summed E-state index contributed by atoms with van der Waals surface area (Å²) in [5, 5.41) is 2.81. The summed E-state index contributed by atoms with van der Waals surface area (Å²) >= 11 is 0. The molecule has 1 aromatic carbocycles. The number of pyridine rings is 1. The van der Waals surface area contributed by atoms with Gasteiger partial charge in [0.2, 0.25) is 5.91 Å². The van der Waals surface area contributed by atoms with Crippen LogP contribution in [0.5, 0.6) is 17.2 Å². The Kier molecular flexibility index (Phi) is 4.68. The standard InChI is InChI=1S/C24H26N4O3/c1-24(2,3)20-12-26-22(27-20)15-10-14-11-16(4-6-18(14)30-13-15)31-19-8-9-25-23-17(19)5-7-21(29)28-23/h4,6,8-9,11-12,15H,5,7,10,13H2,1-3H3,(H,26,27)(H,25,28,29). The lowest BCUT2D eigenvalue weighted by Gasteiger charge is -2.25. The van der Waals surface area contributed by atoms with E-state index in [1.54, 1.807) is 6.20 Å². The summed E-state index contributed by atoms with van der Waals surface area (Å²) in [6.07, 6.45) is 5.54. The number of fused-ring (bicyclic) bond motifs is 2. The number of H-pyrrole nitrogens is 1. The molecule has 3 aromatic rings. The second kappa shape index (κ2) is 7.41. The summed E-state index contributed by atoms with van der Waals surface area (Å²) in [7, 11) is 0. The van der Waals surface area contributed by atoms with Crippen molar-refractivity contribution in [2.24, 2.45) is 0 Å². The van der Waals surface area contributed by atoms with Crippen molar-refractivity contribution in [3.8, 4) is 17.2 Å². The maximum absolute atomic E-state index is 11.6. The van der Waals surface area contributed by atoms with E-state index in [1.807, 2.05) is 30.5 Å². The summed E-state index contributed by atoms with van der Waals surface area (Å²) in [4.78, 5) is 24.1. The van der Waals surface area contributed by atoms with Gasteiger partial charge in [0, 0.05) is 29.8 Å². The van der Waals surface area contributed by atoms with E-state index in [1.165, 1.54) is 0 Å². The normalized spacial score (nSPS) is 17.9. The highest BCUT2D eigenvalue weighted by Crippen LogP contribution is 2.37. The van der Waals surface area contributed by atoms with E-state index in [0.29, 0.717) is 25.3 Å². The Bertz CT molecular complexity index is 1150. The average Bonchev–Trinajstić information content (AvgIpc) is 3.24. The van der Waals surface area contributed by atoms with E-state index < -0.39 is 0 Å². The van der Waals surface area contributed by atoms with E-state index in [2.05, 4.69) is 36.1 Å². The number of benzene rings is 1. The third-order valence-electron chi connectivity index (χ3n) is 5.79. The molecular formula is C24H26N4O3. The van der Waals surface area contributed by atoms with Gasteiger partial charge in [0.1, 0.15) is 28.9 Å². The Morgan fingerprint density at radius 2 is 2.06 bits per heavy atom. The maximum Gasteiger partial charge on any atom is 0.225 e. The van der Waals surface area contributed by atoms with Gasteiger partial charge in [0.25, 0.3) is 0 Å². The van der Waals surface area contributed by atoms with Crippen LogP contribution in [-0.2, 0) is 23.1 Å². The fraction of sp³-hybridized carbons (Fsp3) is 0.375. The maximum atomic E-state index is 11.6. The molecule has 160 valence electrons. The predicted molar refractivity (Wildman–Crippen MR) is 117 cm³/mol. The van der Waals surface area contributed by atoms with Gasteiger partial charge in [-0.3, -0.25) is 4.79 Å². The van der Waals surface area contributed by atoms with Gasteiger partial charge < -0.3 is 19.8 Å². The SMILES string of the molecule is CC(C)(C)c1c[nH]c(C2COc3ccc(Oc4ccnc5c4CCC(=O)N5)cc3C2)n1. The van der Waals surface area contributed by atoms with Crippen LogP contribution in [0.1, 0.15) is 55.8 Å². The summed E-state index contributed by atoms with van der Waals surface area (Å²) in [6, 6.07) is 7.74. The number of hydrogen-bond donors (Lipinski definition) is 2. The Hall–Kier alpha value is -3.35. The molecule has 0 saturated heterocycles. The van der Waals surface area contributed by atoms with E-state index >= 15 is 0 Å². The van der Waals surface area contributed by atoms with Gasteiger partial charge >= 0.3 is 0 Å². The summed E-state index contributed by atoms with van der Waals surface area (Å²) in [5.41, 5.74) is 3.09. The topological polar surface area (TPSA) is 89.1 Å². The van der Waals surface area contributed by atoms with Crippen molar-refractivity contribution < 1.29 is 14.3 Å². The minimum Gasteiger partial charge on any atom is -0.493 e. The zero-order chi connectivity index (χ0) is 21.6. The highest BCUT2D eigenvalue weighted by atomic mass is 16.5. The van der Waals surface area contributed by atoms with Crippen LogP contribution < -0.4 is 14.8 Å². The van der Waals surface area contributed by atoms with Gasteiger partial charge in [0.15, 0.2) is 0 Å². The van der Waals surface area contributed by atoms with Gasteiger partial charge in [-0.05, 0) is 42.7 Å². The molecule has 0 fully saturated rings. The van der Waals surface area contributed by atoms with Crippen molar-refractivity contribution in [3.63, 3.8) is 0 Å². The monoisotopic (exact) mass is 418 g/mol. The molecule has 0 radical (unpaired) electrons. The summed E-state index contributed by atoms with van der Waals surface area (Å²) in [5.74, 6) is 4.05. The summed E-state index contributed by atoms with van der Waals surface area (Å²) in [6.45, 7) is 7.08. The summed E-state index contributed by atoms with van der Waals surface area (Å²) < 4.78 is 12.2. The number of nitrogens with zero attached hydrogens (tertiary/aromatic N) is 2. The van der Waals surface area contributed by atoms with Gasteiger partial charge in [-0.2, -0.15) is 0 Å². The van der Waals surface area contributed by atoms with Crippen LogP contribution >= 0.6 is 0 Å². The first-order valence-corrected chi connectivity index (χ1v) is 10.6. The quantitative estimate of drug-likeness (QED) is 0.654. The molecule has 2 N–H and O–H groups in total. The Morgan fingerprint density at radius 3 is 2.87 bits per heavy atom. The molecule has 7 nitrogen and oxygen atoms in total. The molecule has 2 aliphatic rings. The van der Waals surface area contributed by atoms with Gasteiger partial charge in [-0.25, -0.2) is 9.97 Å². The third-order valence-corrected chi connectivity index (χ3v) is 5.79. The number of rotatable bonds is 3. The molecule has 2 aliphatic heterocycles. The number of nitrogens with one attached hydrogen (secondary N) is 2. The molecule has 0 bridgehead atoms. The molecule has 1 atom stereocenters. The largest absolute Gasteiger partial charge is 0.493 e. The number of carbonyl (C=O) groups is 1. The molecule has 7 heteroatoms. The number of amides is 1. The first kappa shape index (κ1) is 19.6. The number of hydrogen-bond acceptors (Lipinski definition) is 5. The molecule has 4 heterocycles. The number of anilines is 1. The van der Waals surface area contributed by atoms with E-state index in [4.69, 9.17) is 14.5 Å². The lowest BCUT2D eigenvalue weighted by atomic mass is 9.93. The lowest BCUT2D eigenvalue weighted by Crippen LogP contribution is -2.21. The Morgan fingerprint density at radius 1 is 1.19 bits per heavy atom. The first-order valence-electron chi connectivity index (χ1n) is 10.6. The molecule has 0 saturated carbocycles. The number of ether oxygens (including phenoxy) is 2. The van der Waals surface area contributed by atoms with Crippen LogP contribution in [0.2, 0.25) is 0 Å². The number of aromatic nitrogens is 3. The number of carbonyl (C=O) groups excluding carboxylic acids is 1. The van der Waals surface area contributed by atoms with Crippen LogP contribution in [0.15, 0.2) is 36.7 Å². The highest BCUT2D eigenvalue weighted by Gasteiger charge is 2.27. The molecule has 31 heavy (non-hydrogen) atoms. The van der Waals surface area contributed by atoms with E-state index in [0.717, 1.165) is 46.3 Å². The second-order valence-corrected chi connectivity index (χ2v) is 9.19. The molecule has 2 aromatic heterocycles. The van der Waals surface area contributed by atoms with Crippen molar-refractivity contribution in [2.75, 3.05) is 11.9 Å². The van der Waals surface area contributed by atoms with Crippen LogP contribution in [0.4, 0.5) is 5.82 Å². The molecule has 5 rings (SSSR count). The fourth-order valence-corrected chi connectivity index (χ4v) is 4.02. The Balaban J connectivity index is 1.37. The molecular weight excluding hydrogens is 392 g/mol. The molecule has 1 amide bonds. The van der Waals surface area contributed by atoms with Gasteiger partial charge in [0.05, 0.1) is 18.2 Å². The number of aromatic amines is 1. The fourth-order valence-electron chi connectivity index (χ4n) is 4.02. The van der Waals surface area contributed by atoms with Gasteiger partial charge in [-0.1, -0.05) is 20.8 Å². The molecule has 0 aliphatic carbocycles. The zero-order valence-corrected chi connectivity index (χ0v) is 18.0. The Labute approximate surface area is 181 Å². The predicted octanol–water partition coefficient (Wildman–Crippen LogP) is 4.50. The van der Waals surface area contributed by atoms with Crippen LogP contribution in [0, 0.1) is 0 Å². The second-order valence-electron chi connectivity index (χ2n) is 9.19. The van der Waals surface area contributed by atoms with Crippen molar-refractivity contribution in [2.45, 2.75) is 51.4 Å². The van der Waals surface area contributed by atoms with Crippen molar-refractivity contribution >= 4 is 11.7 Å². The van der Waals surface area contributed by atoms with Gasteiger partial charge in [-0.15, -0.1) is 0 Å². The smallest absolute Gasteiger partial charge is 0.225 e. The van der Waals surface area contributed by atoms with Crippen molar-refractivity contribution in [1.82, 2.24) is 15.0 Å². The van der Waals surface area contributed by atoms with Crippen molar-refractivity contribution in [1.29, 1.82) is 0 Å². The first-order chi connectivity index (χ1) is 14.9. The third kappa shape index (κ3) is 3.87. The zero-order valence-electron chi connectivity index (χ0n) is 18.0. The molecule has 1 unspecified atom stereocenters. The lowest BCUT2D eigenvalue weighted by molar-refractivity contribution is -0.116. The van der Waals surface area contributed by atoms with E-state index in [-0.39, 0.29) is 17.2 Å².